The lowest BCUT2D eigenvalue weighted by atomic mass is 9.91. The monoisotopic (exact) mass is 387 g/mol. The molecule has 2 aliphatic rings. The summed E-state index contributed by atoms with van der Waals surface area (Å²) in [4.78, 5) is 15.7. The molecule has 0 spiro atoms. The summed E-state index contributed by atoms with van der Waals surface area (Å²) in [5.41, 5.74) is 2.56. The number of hydrogen-bond donors (Lipinski definition) is 2. The first kappa shape index (κ1) is 18.4. The van der Waals surface area contributed by atoms with Crippen LogP contribution >= 0.6 is 11.6 Å². The molecule has 1 aliphatic heterocycles. The fraction of sp³-hybridized carbons (Fsp3) is 0.381. The molecule has 0 aromatic heterocycles. The number of hydrogen-bond acceptors (Lipinski definition) is 3. The van der Waals surface area contributed by atoms with Crippen molar-refractivity contribution in [3.05, 3.63) is 70.0 Å². The molecule has 2 aromatic carbocycles. The fourth-order valence-corrected chi connectivity index (χ4v) is 4.52. The van der Waals surface area contributed by atoms with E-state index in [2.05, 4.69) is 27.7 Å². The number of fused-ring (bicyclic) bond motifs is 1. The molecule has 1 saturated heterocycles. The van der Waals surface area contributed by atoms with Crippen LogP contribution in [-0.4, -0.2) is 42.5 Å². The molecule has 0 bridgehead atoms. The van der Waals surface area contributed by atoms with E-state index in [9.17, 15) is 9.18 Å². The number of halogens is 2. The van der Waals surface area contributed by atoms with E-state index < -0.39 is 11.4 Å². The van der Waals surface area contributed by atoms with E-state index in [4.69, 9.17) is 11.6 Å². The zero-order chi connectivity index (χ0) is 18.9. The third-order valence-electron chi connectivity index (χ3n) is 5.60. The molecule has 2 aromatic rings. The minimum atomic E-state index is -0.580. The Morgan fingerprint density at radius 2 is 1.81 bits per heavy atom. The second kappa shape index (κ2) is 7.58. The Bertz CT molecular complexity index is 806. The van der Waals surface area contributed by atoms with E-state index in [1.54, 1.807) is 6.07 Å². The largest absolute Gasteiger partial charge is 0.350 e. The molecule has 0 saturated carbocycles. The van der Waals surface area contributed by atoms with Gasteiger partial charge in [-0.15, -0.1) is 0 Å². The summed E-state index contributed by atoms with van der Waals surface area (Å²) in [6.45, 7) is 3.71. The average molecular weight is 388 g/mol. The highest BCUT2D eigenvalue weighted by molar-refractivity contribution is 6.30. The number of rotatable bonds is 4. The predicted octanol–water partition coefficient (Wildman–Crippen LogP) is 2.54. The van der Waals surface area contributed by atoms with Gasteiger partial charge in [0.15, 0.2) is 0 Å². The molecule has 1 aliphatic carbocycles. The molecule has 6 heteroatoms. The van der Waals surface area contributed by atoms with Crippen LogP contribution in [0.5, 0.6) is 0 Å². The number of nitrogens with zero attached hydrogens (tertiary/aromatic N) is 1. The molecule has 2 N–H and O–H groups in total. The second-order valence-corrected chi connectivity index (χ2v) is 7.79. The third kappa shape index (κ3) is 3.72. The van der Waals surface area contributed by atoms with E-state index in [-0.39, 0.29) is 12.5 Å². The van der Waals surface area contributed by atoms with Crippen LogP contribution in [0.1, 0.15) is 16.7 Å². The van der Waals surface area contributed by atoms with Gasteiger partial charge in [0.25, 0.3) is 0 Å². The smallest absolute Gasteiger partial charge is 0.241 e. The minimum Gasteiger partial charge on any atom is -0.350 e. The molecule has 0 atom stereocenters. The zero-order valence-corrected chi connectivity index (χ0v) is 15.9. The lowest BCUT2D eigenvalue weighted by Gasteiger charge is -2.42. The Balaban J connectivity index is 1.56. The van der Waals surface area contributed by atoms with Gasteiger partial charge in [0, 0.05) is 50.6 Å². The van der Waals surface area contributed by atoms with Gasteiger partial charge >= 0.3 is 0 Å². The van der Waals surface area contributed by atoms with Gasteiger partial charge < -0.3 is 10.6 Å². The van der Waals surface area contributed by atoms with Crippen LogP contribution < -0.4 is 10.6 Å². The van der Waals surface area contributed by atoms with Crippen molar-refractivity contribution in [2.24, 2.45) is 0 Å². The number of piperazine rings is 1. The Morgan fingerprint density at radius 1 is 1.15 bits per heavy atom. The highest BCUT2D eigenvalue weighted by Gasteiger charge is 2.48. The Morgan fingerprint density at radius 3 is 2.44 bits per heavy atom. The van der Waals surface area contributed by atoms with Crippen molar-refractivity contribution in [1.82, 2.24) is 15.5 Å². The van der Waals surface area contributed by atoms with E-state index in [1.807, 2.05) is 12.1 Å². The summed E-state index contributed by atoms with van der Waals surface area (Å²) >= 11 is 5.93. The summed E-state index contributed by atoms with van der Waals surface area (Å²) in [6.07, 6.45) is 1.41. The predicted molar refractivity (Wildman–Crippen MR) is 104 cm³/mol. The van der Waals surface area contributed by atoms with Gasteiger partial charge in [-0.1, -0.05) is 35.9 Å². The number of carbonyl (C=O) groups is 1. The molecule has 0 unspecified atom stereocenters. The van der Waals surface area contributed by atoms with Crippen molar-refractivity contribution in [1.29, 1.82) is 0 Å². The van der Waals surface area contributed by atoms with Crippen molar-refractivity contribution >= 4 is 17.5 Å². The van der Waals surface area contributed by atoms with Crippen LogP contribution in [0.15, 0.2) is 42.5 Å². The fourth-order valence-electron chi connectivity index (χ4n) is 4.28. The topological polar surface area (TPSA) is 44.4 Å². The molecule has 4 rings (SSSR count). The Labute approximate surface area is 163 Å². The Hall–Kier alpha value is -1.95. The van der Waals surface area contributed by atoms with E-state index in [0.29, 0.717) is 23.4 Å². The summed E-state index contributed by atoms with van der Waals surface area (Å²) in [5, 5.41) is 6.74. The molecule has 1 heterocycles. The lowest BCUT2D eigenvalue weighted by Crippen LogP contribution is -2.63. The number of benzene rings is 2. The number of amides is 1. The molecule has 0 radical (unpaired) electrons. The van der Waals surface area contributed by atoms with Gasteiger partial charge in [-0.05, 0) is 34.9 Å². The maximum Gasteiger partial charge on any atom is 0.241 e. The van der Waals surface area contributed by atoms with Gasteiger partial charge in [-0.3, -0.25) is 9.69 Å². The van der Waals surface area contributed by atoms with Crippen LogP contribution in [0.2, 0.25) is 5.02 Å². The average Bonchev–Trinajstić information content (AvgIpc) is 3.07. The lowest BCUT2D eigenvalue weighted by molar-refractivity contribution is -0.134. The SMILES string of the molecule is O=C(NCc1cc(F)cc(Cl)c1)C1(N2CCNCC2)Cc2ccccc2C1. The minimum absolute atomic E-state index is 0.000911. The van der Waals surface area contributed by atoms with Gasteiger partial charge in [0.05, 0.1) is 0 Å². The first-order valence-electron chi connectivity index (χ1n) is 9.33. The third-order valence-corrected chi connectivity index (χ3v) is 5.82. The first-order valence-corrected chi connectivity index (χ1v) is 9.70. The standard InChI is InChI=1S/C21H23ClFN3O/c22-18-9-15(10-19(23)11-18)14-25-20(27)21(26-7-5-24-6-8-26)12-16-3-1-2-4-17(16)13-21/h1-4,9-11,24H,5-8,12-14H2,(H,25,27). The van der Waals surface area contributed by atoms with Crippen LogP contribution in [0.4, 0.5) is 4.39 Å². The van der Waals surface area contributed by atoms with E-state index >= 15 is 0 Å². The van der Waals surface area contributed by atoms with Crippen molar-refractivity contribution in [3.63, 3.8) is 0 Å². The molecule has 1 amide bonds. The van der Waals surface area contributed by atoms with Crippen molar-refractivity contribution < 1.29 is 9.18 Å². The Kier molecular flexibility index (Phi) is 5.17. The van der Waals surface area contributed by atoms with Crippen LogP contribution in [-0.2, 0) is 24.2 Å². The van der Waals surface area contributed by atoms with Crippen LogP contribution in [0.3, 0.4) is 0 Å². The second-order valence-electron chi connectivity index (χ2n) is 7.35. The highest BCUT2D eigenvalue weighted by Crippen LogP contribution is 2.35. The van der Waals surface area contributed by atoms with Gasteiger partial charge in [-0.2, -0.15) is 0 Å². The highest BCUT2D eigenvalue weighted by atomic mass is 35.5. The van der Waals surface area contributed by atoms with Gasteiger partial charge in [0.2, 0.25) is 5.91 Å². The van der Waals surface area contributed by atoms with E-state index in [0.717, 1.165) is 26.2 Å². The summed E-state index contributed by atoms with van der Waals surface area (Å²) in [6, 6.07) is 12.6. The van der Waals surface area contributed by atoms with Crippen molar-refractivity contribution in [2.75, 3.05) is 26.2 Å². The number of nitrogens with one attached hydrogen (secondary N) is 2. The maximum atomic E-state index is 13.6. The number of carbonyl (C=O) groups excluding carboxylic acids is 1. The van der Waals surface area contributed by atoms with Crippen molar-refractivity contribution in [2.45, 2.75) is 24.9 Å². The normalized spacial score (nSPS) is 18.9. The first-order chi connectivity index (χ1) is 13.1. The quantitative estimate of drug-likeness (QED) is 0.847. The zero-order valence-electron chi connectivity index (χ0n) is 15.1. The summed E-state index contributed by atoms with van der Waals surface area (Å²) < 4.78 is 13.6. The molecular formula is C21H23ClFN3O. The molecule has 1 fully saturated rings. The molecule has 142 valence electrons. The maximum absolute atomic E-state index is 13.6. The molecule has 4 nitrogen and oxygen atoms in total. The molecular weight excluding hydrogens is 365 g/mol. The van der Waals surface area contributed by atoms with Gasteiger partial charge in [-0.25, -0.2) is 4.39 Å². The van der Waals surface area contributed by atoms with E-state index in [1.165, 1.54) is 23.3 Å². The van der Waals surface area contributed by atoms with Gasteiger partial charge in [0.1, 0.15) is 11.4 Å². The van der Waals surface area contributed by atoms with Crippen LogP contribution in [0.25, 0.3) is 0 Å². The van der Waals surface area contributed by atoms with Crippen molar-refractivity contribution in [3.8, 4) is 0 Å². The summed E-state index contributed by atoms with van der Waals surface area (Å²) in [7, 11) is 0. The molecule has 27 heavy (non-hydrogen) atoms. The summed E-state index contributed by atoms with van der Waals surface area (Å²) in [5.74, 6) is -0.391. The van der Waals surface area contributed by atoms with Crippen LogP contribution in [0, 0.1) is 5.82 Å².